The number of anilines is 1. The van der Waals surface area contributed by atoms with E-state index in [-0.39, 0.29) is 11.9 Å². The molecule has 2 aromatic rings. The topological polar surface area (TPSA) is 58.6 Å². The normalized spacial score (nSPS) is 13.6. The summed E-state index contributed by atoms with van der Waals surface area (Å²) in [6, 6.07) is 16.4. The molecule has 1 N–H and O–H groups in total. The lowest BCUT2D eigenvalue weighted by molar-refractivity contribution is -0.137. The molecule has 29 heavy (non-hydrogen) atoms. The van der Waals surface area contributed by atoms with Gasteiger partial charge in [0.05, 0.1) is 13.2 Å². The van der Waals surface area contributed by atoms with Gasteiger partial charge in [0.2, 0.25) is 5.91 Å². The molecule has 1 aliphatic rings. The summed E-state index contributed by atoms with van der Waals surface area (Å²) >= 11 is 0. The smallest absolute Gasteiger partial charge is 0.330 e. The van der Waals surface area contributed by atoms with Gasteiger partial charge in [-0.2, -0.15) is 0 Å². The average molecular weight is 392 g/mol. The molecular formula is C24H28N2O3. The summed E-state index contributed by atoms with van der Waals surface area (Å²) in [4.78, 5) is 26.2. The van der Waals surface area contributed by atoms with Crippen LogP contribution in [0.1, 0.15) is 36.5 Å². The number of rotatable bonds is 9. The van der Waals surface area contributed by atoms with Crippen molar-refractivity contribution >= 4 is 23.6 Å². The second-order valence-corrected chi connectivity index (χ2v) is 7.38. The van der Waals surface area contributed by atoms with Crippen molar-refractivity contribution in [3.8, 4) is 0 Å². The van der Waals surface area contributed by atoms with E-state index in [1.165, 1.54) is 17.2 Å². The standard InChI is InChI=1S/C24H28N2O3/c1-3-29-24(28)15-10-19-8-11-21(12-9-19)25-23(27)17-26(22-13-14-22)16-20-6-4-18(2)5-7-20/h4-12,15,22H,3,13-14,16-17H2,1-2H3,(H,25,27)/b15-10+. The van der Waals surface area contributed by atoms with E-state index in [0.717, 1.165) is 30.6 Å². The van der Waals surface area contributed by atoms with Crippen LogP contribution in [0, 0.1) is 6.92 Å². The van der Waals surface area contributed by atoms with Gasteiger partial charge in [-0.25, -0.2) is 4.79 Å². The first-order chi connectivity index (χ1) is 14.0. The van der Waals surface area contributed by atoms with E-state index in [1.807, 2.05) is 24.3 Å². The van der Waals surface area contributed by atoms with Gasteiger partial charge < -0.3 is 10.1 Å². The molecule has 0 aliphatic heterocycles. The molecule has 0 unspecified atom stereocenters. The van der Waals surface area contributed by atoms with Gasteiger partial charge in [-0.15, -0.1) is 0 Å². The molecule has 0 heterocycles. The van der Waals surface area contributed by atoms with Crippen molar-refractivity contribution in [2.45, 2.75) is 39.3 Å². The minimum Gasteiger partial charge on any atom is -0.463 e. The fraction of sp³-hybridized carbons (Fsp3) is 0.333. The van der Waals surface area contributed by atoms with Crippen LogP contribution < -0.4 is 5.32 Å². The average Bonchev–Trinajstić information content (AvgIpc) is 3.54. The van der Waals surface area contributed by atoms with Gasteiger partial charge in [-0.3, -0.25) is 9.69 Å². The third-order valence-corrected chi connectivity index (χ3v) is 4.81. The number of nitrogens with zero attached hydrogens (tertiary/aromatic N) is 1. The quantitative estimate of drug-likeness (QED) is 0.514. The van der Waals surface area contributed by atoms with E-state index in [0.29, 0.717) is 19.2 Å². The van der Waals surface area contributed by atoms with Crippen LogP contribution in [0.3, 0.4) is 0 Å². The summed E-state index contributed by atoms with van der Waals surface area (Å²) in [5.74, 6) is -0.377. The second-order valence-electron chi connectivity index (χ2n) is 7.38. The van der Waals surface area contributed by atoms with Gasteiger partial charge in [0.15, 0.2) is 0 Å². The molecule has 1 saturated carbocycles. The van der Waals surface area contributed by atoms with E-state index in [4.69, 9.17) is 4.74 Å². The van der Waals surface area contributed by atoms with E-state index in [1.54, 1.807) is 13.0 Å². The molecule has 0 aromatic heterocycles. The summed E-state index contributed by atoms with van der Waals surface area (Å²) in [6.45, 7) is 5.37. The zero-order valence-corrected chi connectivity index (χ0v) is 17.1. The minimum absolute atomic E-state index is 0.0150. The molecular weight excluding hydrogens is 364 g/mol. The summed E-state index contributed by atoms with van der Waals surface area (Å²) in [6.07, 6.45) is 5.40. The lowest BCUT2D eigenvalue weighted by Crippen LogP contribution is -2.34. The van der Waals surface area contributed by atoms with E-state index in [2.05, 4.69) is 41.4 Å². The fourth-order valence-corrected chi connectivity index (χ4v) is 3.10. The van der Waals surface area contributed by atoms with Crippen LogP contribution in [0.15, 0.2) is 54.6 Å². The second kappa shape index (κ2) is 10.0. The Morgan fingerprint density at radius 3 is 2.41 bits per heavy atom. The third kappa shape index (κ3) is 6.88. The van der Waals surface area contributed by atoms with Gasteiger partial charge in [-0.1, -0.05) is 42.0 Å². The highest BCUT2D eigenvalue weighted by Gasteiger charge is 2.30. The number of hydrogen-bond acceptors (Lipinski definition) is 4. The van der Waals surface area contributed by atoms with Crippen molar-refractivity contribution in [1.82, 2.24) is 4.90 Å². The van der Waals surface area contributed by atoms with Crippen LogP contribution in [0.4, 0.5) is 5.69 Å². The summed E-state index contributed by atoms with van der Waals surface area (Å²) in [5, 5.41) is 2.97. The molecule has 1 fully saturated rings. The van der Waals surface area contributed by atoms with Crippen LogP contribution in [0.2, 0.25) is 0 Å². The molecule has 0 saturated heterocycles. The zero-order chi connectivity index (χ0) is 20.6. The molecule has 1 aliphatic carbocycles. The maximum Gasteiger partial charge on any atom is 0.330 e. The Balaban J connectivity index is 1.53. The van der Waals surface area contributed by atoms with E-state index in [9.17, 15) is 9.59 Å². The molecule has 0 atom stereocenters. The first-order valence-corrected chi connectivity index (χ1v) is 10.1. The highest BCUT2D eigenvalue weighted by atomic mass is 16.5. The molecule has 3 rings (SSSR count). The summed E-state index contributed by atoms with van der Waals surface area (Å²) in [7, 11) is 0. The number of benzene rings is 2. The molecule has 5 heteroatoms. The Bertz CT molecular complexity index is 853. The Kier molecular flexibility index (Phi) is 7.19. The molecule has 0 bridgehead atoms. The van der Waals surface area contributed by atoms with Crippen molar-refractivity contribution < 1.29 is 14.3 Å². The van der Waals surface area contributed by atoms with Crippen molar-refractivity contribution in [2.75, 3.05) is 18.5 Å². The predicted octanol–water partition coefficient (Wildman–Crippen LogP) is 4.17. The predicted molar refractivity (Wildman–Crippen MR) is 115 cm³/mol. The highest BCUT2D eigenvalue weighted by Crippen LogP contribution is 2.28. The van der Waals surface area contributed by atoms with Crippen LogP contribution in [0.5, 0.6) is 0 Å². The van der Waals surface area contributed by atoms with Crippen LogP contribution in [-0.2, 0) is 20.9 Å². The molecule has 0 spiro atoms. The summed E-state index contributed by atoms with van der Waals surface area (Å²) < 4.78 is 4.86. The van der Waals surface area contributed by atoms with Gasteiger partial charge >= 0.3 is 5.97 Å². The zero-order valence-electron chi connectivity index (χ0n) is 17.1. The summed E-state index contributed by atoms with van der Waals surface area (Å²) in [5.41, 5.74) is 4.09. The minimum atomic E-state index is -0.362. The number of amides is 1. The SMILES string of the molecule is CCOC(=O)/C=C/c1ccc(NC(=O)CN(Cc2ccc(C)cc2)C2CC2)cc1. The van der Waals surface area contributed by atoms with Crippen molar-refractivity contribution in [3.63, 3.8) is 0 Å². The van der Waals surface area contributed by atoms with Crippen molar-refractivity contribution in [2.24, 2.45) is 0 Å². The van der Waals surface area contributed by atoms with Crippen LogP contribution in [0.25, 0.3) is 6.08 Å². The van der Waals surface area contributed by atoms with E-state index >= 15 is 0 Å². The largest absolute Gasteiger partial charge is 0.463 e. The van der Waals surface area contributed by atoms with Gasteiger partial charge in [0, 0.05) is 24.4 Å². The van der Waals surface area contributed by atoms with E-state index < -0.39 is 0 Å². The van der Waals surface area contributed by atoms with Gasteiger partial charge in [0.25, 0.3) is 0 Å². The van der Waals surface area contributed by atoms with Crippen molar-refractivity contribution in [3.05, 3.63) is 71.3 Å². The highest BCUT2D eigenvalue weighted by molar-refractivity contribution is 5.92. The fourth-order valence-electron chi connectivity index (χ4n) is 3.10. The molecule has 1 amide bonds. The number of nitrogens with one attached hydrogen (secondary N) is 1. The number of carbonyl (C=O) groups excluding carboxylic acids is 2. The lowest BCUT2D eigenvalue weighted by Gasteiger charge is -2.21. The Hall–Kier alpha value is -2.92. The van der Waals surface area contributed by atoms with Gasteiger partial charge in [0.1, 0.15) is 0 Å². The lowest BCUT2D eigenvalue weighted by atomic mass is 10.1. The Morgan fingerprint density at radius 2 is 1.79 bits per heavy atom. The first kappa shape index (κ1) is 20.8. The van der Waals surface area contributed by atoms with Crippen molar-refractivity contribution in [1.29, 1.82) is 0 Å². The number of carbonyl (C=O) groups is 2. The molecule has 152 valence electrons. The Morgan fingerprint density at radius 1 is 1.10 bits per heavy atom. The number of hydrogen-bond donors (Lipinski definition) is 1. The molecule has 2 aromatic carbocycles. The maximum atomic E-state index is 12.5. The first-order valence-electron chi connectivity index (χ1n) is 10.1. The van der Waals surface area contributed by atoms with Crippen LogP contribution >= 0.6 is 0 Å². The third-order valence-electron chi connectivity index (χ3n) is 4.81. The Labute approximate surface area is 172 Å². The number of aryl methyl sites for hydroxylation is 1. The number of esters is 1. The maximum absolute atomic E-state index is 12.5. The van der Waals surface area contributed by atoms with Crippen LogP contribution in [-0.4, -0.2) is 36.0 Å². The monoisotopic (exact) mass is 392 g/mol. The van der Waals surface area contributed by atoms with Gasteiger partial charge in [-0.05, 0) is 56.0 Å². The molecule has 0 radical (unpaired) electrons. The molecule has 5 nitrogen and oxygen atoms in total. The number of ether oxygens (including phenoxy) is 1.